The molecule has 0 radical (unpaired) electrons. The summed E-state index contributed by atoms with van der Waals surface area (Å²) >= 11 is 0. The Morgan fingerprint density at radius 3 is 1.22 bits per heavy atom. The van der Waals surface area contributed by atoms with Gasteiger partial charge in [-0.15, -0.1) is 0 Å². The van der Waals surface area contributed by atoms with E-state index < -0.39 is 11.9 Å². The van der Waals surface area contributed by atoms with Crippen LogP contribution in [0.5, 0.6) is 0 Å². The molecule has 0 saturated heterocycles. The monoisotopic (exact) mass is 418 g/mol. The molecule has 0 heterocycles. The Morgan fingerprint density at radius 1 is 0.519 bits per heavy atom. The molecular weight excluding hydrogens is 384 g/mol. The number of carbonyl (C=O) groups is 2. The Hall–Kier alpha value is -0.541. The maximum absolute atomic E-state index is 10.9. The van der Waals surface area contributed by atoms with Crippen molar-refractivity contribution in [2.75, 3.05) is 0 Å². The van der Waals surface area contributed by atoms with Crippen LogP contribution in [0.1, 0.15) is 89.9 Å². The normalized spacial score (nSPS) is 38.1. The van der Waals surface area contributed by atoms with Gasteiger partial charge >= 0.3 is 17.1 Å². The van der Waals surface area contributed by atoms with Gasteiger partial charge in [0.25, 0.3) is 0 Å². The zero-order chi connectivity index (χ0) is 18.5. The zero-order valence-electron chi connectivity index (χ0n) is 16.4. The molecule has 4 aliphatic rings. The van der Waals surface area contributed by atoms with Crippen LogP contribution in [-0.2, 0) is 26.7 Å². The number of hydrogen-bond acceptors (Lipinski definition) is 4. The fraction of sp³-hybridized carbons (Fsp3) is 0.909. The molecule has 4 aliphatic carbocycles. The predicted molar refractivity (Wildman–Crippen MR) is 95.6 cm³/mol. The molecule has 0 amide bonds. The first kappa shape index (κ1) is 22.7. The standard InChI is InChI=1S/2C11H18O2.Fe/c2*12-11(13)10-7-3-5-8-4-1-2-6-9(8)10;/h2*8-10H,1-7H2,(H,12,13);/q;;+2/p-2. The van der Waals surface area contributed by atoms with Crippen molar-refractivity contribution < 1.29 is 36.9 Å². The Labute approximate surface area is 174 Å². The molecule has 27 heavy (non-hydrogen) atoms. The number of carbonyl (C=O) groups excluding carboxylic acids is 2. The molecule has 0 aromatic carbocycles. The molecule has 154 valence electrons. The summed E-state index contributed by atoms with van der Waals surface area (Å²) in [7, 11) is 0. The third-order valence-electron chi connectivity index (χ3n) is 7.75. The first-order chi connectivity index (χ1) is 12.6. The van der Waals surface area contributed by atoms with Crippen LogP contribution in [0.2, 0.25) is 0 Å². The molecule has 5 heteroatoms. The van der Waals surface area contributed by atoms with Crippen molar-refractivity contribution in [3.8, 4) is 0 Å². The molecule has 0 aromatic rings. The van der Waals surface area contributed by atoms with Gasteiger partial charge < -0.3 is 19.8 Å². The summed E-state index contributed by atoms with van der Waals surface area (Å²) in [6, 6.07) is 0. The predicted octanol–water partition coefficient (Wildman–Crippen LogP) is 2.68. The van der Waals surface area contributed by atoms with E-state index in [9.17, 15) is 19.8 Å². The van der Waals surface area contributed by atoms with Gasteiger partial charge in [0.05, 0.1) is 0 Å². The Bertz CT molecular complexity index is 447. The average Bonchev–Trinajstić information content (AvgIpc) is 2.67. The molecule has 6 atom stereocenters. The molecule has 6 unspecified atom stereocenters. The van der Waals surface area contributed by atoms with Gasteiger partial charge in [0.2, 0.25) is 0 Å². The van der Waals surface area contributed by atoms with Crippen molar-refractivity contribution >= 4 is 11.9 Å². The second-order valence-electron chi connectivity index (χ2n) is 9.13. The summed E-state index contributed by atoms with van der Waals surface area (Å²) in [4.78, 5) is 21.8. The van der Waals surface area contributed by atoms with E-state index in [1.165, 1.54) is 51.4 Å². The molecule has 0 aliphatic heterocycles. The van der Waals surface area contributed by atoms with Crippen molar-refractivity contribution in [3.05, 3.63) is 0 Å². The average molecular weight is 418 g/mol. The van der Waals surface area contributed by atoms with Crippen LogP contribution in [0.4, 0.5) is 0 Å². The van der Waals surface area contributed by atoms with Gasteiger partial charge in [-0.25, -0.2) is 0 Å². The summed E-state index contributed by atoms with van der Waals surface area (Å²) in [5, 5.41) is 21.8. The van der Waals surface area contributed by atoms with Gasteiger partial charge in [0.1, 0.15) is 0 Å². The molecule has 4 nitrogen and oxygen atoms in total. The van der Waals surface area contributed by atoms with E-state index in [2.05, 4.69) is 0 Å². The summed E-state index contributed by atoms with van der Waals surface area (Å²) in [5.41, 5.74) is 0. The first-order valence-corrected chi connectivity index (χ1v) is 11.0. The molecule has 0 spiro atoms. The van der Waals surface area contributed by atoms with E-state index in [0.29, 0.717) is 23.7 Å². The van der Waals surface area contributed by atoms with Gasteiger partial charge in [-0.2, -0.15) is 0 Å². The number of carboxylic acid groups (broad SMARTS) is 2. The van der Waals surface area contributed by atoms with Gasteiger partial charge in [0, 0.05) is 23.8 Å². The second kappa shape index (κ2) is 10.9. The van der Waals surface area contributed by atoms with Crippen LogP contribution in [0.3, 0.4) is 0 Å². The topological polar surface area (TPSA) is 80.3 Å². The van der Waals surface area contributed by atoms with Gasteiger partial charge in [-0.3, -0.25) is 0 Å². The Balaban J connectivity index is 0.000000187. The van der Waals surface area contributed by atoms with Gasteiger partial charge in [-0.1, -0.05) is 64.2 Å². The van der Waals surface area contributed by atoms with Crippen LogP contribution in [0.25, 0.3) is 0 Å². The maximum atomic E-state index is 10.9. The molecule has 0 aromatic heterocycles. The number of aliphatic carboxylic acids is 2. The molecule has 4 saturated carbocycles. The van der Waals surface area contributed by atoms with E-state index in [1.54, 1.807) is 0 Å². The van der Waals surface area contributed by atoms with Gasteiger partial charge in [0.15, 0.2) is 0 Å². The van der Waals surface area contributed by atoms with E-state index in [-0.39, 0.29) is 28.9 Å². The number of carboxylic acids is 2. The van der Waals surface area contributed by atoms with Crippen LogP contribution in [-0.4, -0.2) is 11.9 Å². The van der Waals surface area contributed by atoms with Crippen LogP contribution in [0, 0.1) is 35.5 Å². The summed E-state index contributed by atoms with van der Waals surface area (Å²) in [6.45, 7) is 0. The van der Waals surface area contributed by atoms with Crippen molar-refractivity contribution in [1.82, 2.24) is 0 Å². The quantitative estimate of drug-likeness (QED) is 0.646. The van der Waals surface area contributed by atoms with Crippen molar-refractivity contribution in [1.29, 1.82) is 0 Å². The van der Waals surface area contributed by atoms with E-state index in [1.807, 2.05) is 0 Å². The SMILES string of the molecule is O=C([O-])C1CCCC2CCCCC21.O=C([O-])C1CCCC2CCCCC21.[Fe+2]. The number of rotatable bonds is 2. The van der Waals surface area contributed by atoms with Gasteiger partial charge in [-0.05, 0) is 49.4 Å². The first-order valence-electron chi connectivity index (χ1n) is 11.0. The van der Waals surface area contributed by atoms with E-state index in [4.69, 9.17) is 0 Å². The van der Waals surface area contributed by atoms with E-state index in [0.717, 1.165) is 38.5 Å². The third-order valence-corrected chi connectivity index (χ3v) is 7.75. The molecule has 0 N–H and O–H groups in total. The maximum Gasteiger partial charge on any atom is 2.00 e. The number of hydrogen-bond donors (Lipinski definition) is 0. The largest absolute Gasteiger partial charge is 2.00 e. The second-order valence-corrected chi connectivity index (χ2v) is 9.13. The molecule has 0 bridgehead atoms. The van der Waals surface area contributed by atoms with Crippen molar-refractivity contribution in [2.24, 2.45) is 35.5 Å². The van der Waals surface area contributed by atoms with Crippen molar-refractivity contribution in [3.63, 3.8) is 0 Å². The summed E-state index contributed by atoms with van der Waals surface area (Å²) in [6.07, 6.45) is 16.3. The van der Waals surface area contributed by atoms with Crippen molar-refractivity contribution in [2.45, 2.75) is 89.9 Å². The summed E-state index contributed by atoms with van der Waals surface area (Å²) < 4.78 is 0. The van der Waals surface area contributed by atoms with E-state index >= 15 is 0 Å². The smallest absolute Gasteiger partial charge is 0.550 e. The minimum Gasteiger partial charge on any atom is -0.550 e. The zero-order valence-corrected chi connectivity index (χ0v) is 17.5. The number of fused-ring (bicyclic) bond motifs is 2. The van der Waals surface area contributed by atoms with Crippen LogP contribution < -0.4 is 10.2 Å². The molecular formula is C22H34FeO4. The fourth-order valence-corrected chi connectivity index (χ4v) is 6.46. The Morgan fingerprint density at radius 2 is 0.852 bits per heavy atom. The summed E-state index contributed by atoms with van der Waals surface area (Å²) in [5.74, 6) is 0.460. The minimum absolute atomic E-state index is 0. The third kappa shape index (κ3) is 5.73. The van der Waals surface area contributed by atoms with Crippen LogP contribution in [0.15, 0.2) is 0 Å². The molecule has 4 fully saturated rings. The Kier molecular flexibility index (Phi) is 9.14. The fourth-order valence-electron chi connectivity index (χ4n) is 6.46. The minimum atomic E-state index is -0.795. The molecule has 4 rings (SSSR count). The van der Waals surface area contributed by atoms with Crippen LogP contribution >= 0.6 is 0 Å².